The fraction of sp³-hybridized carbons (Fsp3) is 0.654. The number of fused-ring (bicyclic) bond motifs is 1. The Morgan fingerprint density at radius 1 is 1.09 bits per heavy atom. The molecule has 1 aromatic carbocycles. The van der Waals surface area contributed by atoms with E-state index in [9.17, 15) is 4.79 Å². The summed E-state index contributed by atoms with van der Waals surface area (Å²) >= 11 is 3.68. The summed E-state index contributed by atoms with van der Waals surface area (Å²) in [6, 6.07) is 6.59. The lowest BCUT2D eigenvalue weighted by molar-refractivity contribution is 0.0520. The number of rotatable bonds is 8. The molecule has 1 heterocycles. The van der Waals surface area contributed by atoms with Crippen LogP contribution in [0.2, 0.25) is 5.04 Å². The van der Waals surface area contributed by atoms with Gasteiger partial charge in [-0.15, -0.1) is 0 Å². The number of carbonyl (C=O) groups excluding carboxylic acids is 1. The maximum Gasteiger partial charge on any atom is 0.407 e. The number of ether oxygens (including phenoxy) is 1. The van der Waals surface area contributed by atoms with Gasteiger partial charge in [0.2, 0.25) is 9.76 Å². The third-order valence-corrected chi connectivity index (χ3v) is 8.70. The van der Waals surface area contributed by atoms with Crippen LogP contribution in [0.15, 0.2) is 22.7 Å². The summed E-state index contributed by atoms with van der Waals surface area (Å²) in [6.45, 7) is 23.5. The van der Waals surface area contributed by atoms with E-state index in [1.807, 2.05) is 20.8 Å². The number of benzene rings is 1. The highest BCUT2D eigenvalue weighted by atomic mass is 79.9. The quantitative estimate of drug-likeness (QED) is 0.354. The molecule has 0 fully saturated rings. The van der Waals surface area contributed by atoms with Gasteiger partial charge in [-0.2, -0.15) is 0 Å². The Labute approximate surface area is 211 Å². The van der Waals surface area contributed by atoms with Crippen molar-refractivity contribution >= 4 is 42.7 Å². The molecule has 0 saturated carbocycles. The van der Waals surface area contributed by atoms with Crippen LogP contribution < -0.4 is 5.32 Å². The molecule has 1 aromatic heterocycles. The van der Waals surface area contributed by atoms with E-state index in [2.05, 4.69) is 99.4 Å². The lowest BCUT2D eigenvalue weighted by Gasteiger charge is -2.35. The second-order valence-corrected chi connectivity index (χ2v) is 13.9. The predicted octanol–water partition coefficient (Wildman–Crippen LogP) is 7.52. The van der Waals surface area contributed by atoms with E-state index in [-0.39, 0.29) is 11.1 Å². The average molecular weight is 538 g/mol. The highest BCUT2D eigenvalue weighted by molar-refractivity contribution is 9.10. The number of carbonyl (C=O) groups is 1. The van der Waals surface area contributed by atoms with Crippen LogP contribution in [0.4, 0.5) is 4.79 Å². The Hall–Kier alpha value is -1.31. The number of halogens is 1. The third kappa shape index (κ3) is 7.09. The van der Waals surface area contributed by atoms with Crippen LogP contribution in [0.3, 0.4) is 0 Å². The maximum atomic E-state index is 12.3. The van der Waals surface area contributed by atoms with Crippen molar-refractivity contribution in [3.8, 4) is 0 Å². The Kier molecular flexibility index (Phi) is 8.57. The first kappa shape index (κ1) is 27.9. The zero-order valence-electron chi connectivity index (χ0n) is 22.1. The van der Waals surface area contributed by atoms with Crippen LogP contribution in [0, 0.1) is 12.8 Å². The first-order valence-electron chi connectivity index (χ1n) is 11.7. The van der Waals surface area contributed by atoms with Crippen molar-refractivity contribution in [2.45, 2.75) is 98.4 Å². The van der Waals surface area contributed by atoms with Crippen LogP contribution in [0.5, 0.6) is 0 Å². The SMILES string of the molecule is Cc1cc2c(cc1Br)cc(C(C)(C)O[Si]C(C)(C)C(C)C)n2[C@H](C)CNC(=O)OC(C)(C)C. The summed E-state index contributed by atoms with van der Waals surface area (Å²) in [7, 11) is 0.366. The van der Waals surface area contributed by atoms with Gasteiger partial charge in [0.1, 0.15) is 5.60 Å². The fourth-order valence-corrected chi connectivity index (χ4v) is 4.58. The number of hydrogen-bond donors (Lipinski definition) is 1. The van der Waals surface area contributed by atoms with Gasteiger partial charge in [0.05, 0.1) is 5.60 Å². The Morgan fingerprint density at radius 2 is 1.70 bits per heavy atom. The number of nitrogens with one attached hydrogen (secondary N) is 1. The zero-order valence-corrected chi connectivity index (χ0v) is 24.7. The highest BCUT2D eigenvalue weighted by Gasteiger charge is 2.33. The molecule has 0 aliphatic rings. The molecule has 0 unspecified atom stereocenters. The van der Waals surface area contributed by atoms with Crippen LogP contribution in [-0.2, 0) is 14.8 Å². The first-order valence-corrected chi connectivity index (χ1v) is 13.4. The van der Waals surface area contributed by atoms with Gasteiger partial charge in [0, 0.05) is 33.7 Å². The van der Waals surface area contributed by atoms with E-state index in [4.69, 9.17) is 9.16 Å². The minimum atomic E-state index is -0.526. The van der Waals surface area contributed by atoms with Gasteiger partial charge in [0.15, 0.2) is 0 Å². The summed E-state index contributed by atoms with van der Waals surface area (Å²) in [5.74, 6) is 0.521. The molecule has 2 radical (unpaired) electrons. The van der Waals surface area contributed by atoms with Crippen LogP contribution in [0.25, 0.3) is 10.9 Å². The number of hydrogen-bond acceptors (Lipinski definition) is 3. The molecule has 1 atom stereocenters. The number of aromatic nitrogens is 1. The van der Waals surface area contributed by atoms with Crippen molar-refractivity contribution in [1.82, 2.24) is 9.88 Å². The van der Waals surface area contributed by atoms with Crippen molar-refractivity contribution < 1.29 is 14.0 Å². The van der Waals surface area contributed by atoms with E-state index in [0.29, 0.717) is 22.2 Å². The van der Waals surface area contributed by atoms with Gasteiger partial charge in [0.25, 0.3) is 0 Å². The molecule has 0 aliphatic carbocycles. The van der Waals surface area contributed by atoms with Gasteiger partial charge in [-0.25, -0.2) is 4.79 Å². The number of alkyl carbamates (subject to hydrolysis) is 1. The maximum absolute atomic E-state index is 12.3. The molecule has 7 heteroatoms. The molecule has 0 bridgehead atoms. The molecular formula is C26H41BrN2O3Si. The van der Waals surface area contributed by atoms with Crippen molar-refractivity contribution in [2.24, 2.45) is 5.92 Å². The van der Waals surface area contributed by atoms with E-state index >= 15 is 0 Å². The molecule has 2 rings (SSSR count). The van der Waals surface area contributed by atoms with Crippen LogP contribution in [0.1, 0.15) is 86.5 Å². The molecule has 0 saturated heterocycles. The molecule has 2 aromatic rings. The highest BCUT2D eigenvalue weighted by Crippen LogP contribution is 2.39. The van der Waals surface area contributed by atoms with Crippen LogP contribution in [-0.4, -0.2) is 32.6 Å². The van der Waals surface area contributed by atoms with Crippen molar-refractivity contribution in [1.29, 1.82) is 0 Å². The van der Waals surface area contributed by atoms with E-state index in [0.717, 1.165) is 21.1 Å². The van der Waals surface area contributed by atoms with Crippen LogP contribution >= 0.6 is 15.9 Å². The lowest BCUT2D eigenvalue weighted by atomic mass is 9.99. The molecule has 5 nitrogen and oxygen atoms in total. The van der Waals surface area contributed by atoms with Gasteiger partial charge in [-0.05, 0) is 83.2 Å². The van der Waals surface area contributed by atoms with Crippen molar-refractivity contribution in [3.63, 3.8) is 0 Å². The van der Waals surface area contributed by atoms with Gasteiger partial charge in [-0.1, -0.05) is 43.6 Å². The molecule has 1 N–H and O–H groups in total. The van der Waals surface area contributed by atoms with Gasteiger partial charge >= 0.3 is 6.09 Å². The van der Waals surface area contributed by atoms with Crippen molar-refractivity contribution in [3.05, 3.63) is 33.9 Å². The summed E-state index contributed by atoms with van der Waals surface area (Å²) in [5.41, 5.74) is 2.38. The Balaban J connectivity index is 2.43. The summed E-state index contributed by atoms with van der Waals surface area (Å²) in [5, 5.41) is 4.18. The molecule has 0 spiro atoms. The van der Waals surface area contributed by atoms with Crippen molar-refractivity contribution in [2.75, 3.05) is 6.54 Å². The minimum absolute atomic E-state index is 0.00918. The minimum Gasteiger partial charge on any atom is -0.444 e. The molecule has 1 amide bonds. The van der Waals surface area contributed by atoms with Gasteiger partial charge < -0.3 is 19.0 Å². The lowest BCUT2D eigenvalue weighted by Crippen LogP contribution is -2.37. The second-order valence-electron chi connectivity index (χ2n) is 11.4. The zero-order chi connectivity index (χ0) is 25.4. The fourth-order valence-electron chi connectivity index (χ4n) is 3.36. The van der Waals surface area contributed by atoms with E-state index in [1.165, 1.54) is 5.56 Å². The first-order chi connectivity index (χ1) is 14.9. The van der Waals surface area contributed by atoms with E-state index in [1.54, 1.807) is 0 Å². The summed E-state index contributed by atoms with van der Waals surface area (Å²) < 4.78 is 15.4. The Bertz CT molecular complexity index is 990. The van der Waals surface area contributed by atoms with Gasteiger partial charge in [-0.3, -0.25) is 0 Å². The monoisotopic (exact) mass is 536 g/mol. The molecule has 184 valence electrons. The van der Waals surface area contributed by atoms with E-state index < -0.39 is 17.3 Å². The normalized spacial score (nSPS) is 14.1. The Morgan fingerprint density at radius 3 is 2.24 bits per heavy atom. The topological polar surface area (TPSA) is 52.5 Å². The average Bonchev–Trinajstić information content (AvgIpc) is 3.03. The summed E-state index contributed by atoms with van der Waals surface area (Å²) in [4.78, 5) is 12.3. The predicted molar refractivity (Wildman–Crippen MR) is 142 cm³/mol. The molecular weight excluding hydrogens is 496 g/mol. The standard InChI is InChI=1S/C26H41BrN2O3Si/c1-16(2)26(10,11)33-32-25(8,9)22-14-19-13-20(27)17(3)12-21(19)29(22)18(4)15-28-23(30)31-24(5,6)7/h12-14,16,18H,15H2,1-11H3,(H,28,30)/t18-/m1/s1. The summed E-state index contributed by atoms with van der Waals surface area (Å²) in [6.07, 6.45) is -0.401. The largest absolute Gasteiger partial charge is 0.444 e. The number of aryl methyl sites for hydroxylation is 1. The third-order valence-electron chi connectivity index (χ3n) is 6.13. The number of nitrogens with zero attached hydrogens (tertiary/aromatic N) is 1. The smallest absolute Gasteiger partial charge is 0.407 e. The second kappa shape index (κ2) is 10.1. The molecule has 0 aliphatic heterocycles. The number of amides is 1. The molecule has 33 heavy (non-hydrogen) atoms.